The highest BCUT2D eigenvalue weighted by Crippen LogP contribution is 2.66. The summed E-state index contributed by atoms with van der Waals surface area (Å²) >= 11 is 4.09. The lowest BCUT2D eigenvalue weighted by Gasteiger charge is -2.59. The summed E-state index contributed by atoms with van der Waals surface area (Å²) in [6.07, 6.45) is 57.3. The highest BCUT2D eigenvalue weighted by atomic mass is 79.9. The van der Waals surface area contributed by atoms with Crippen molar-refractivity contribution in [2.75, 3.05) is 17.3 Å². The molecule has 13 saturated carbocycles. The minimum atomic E-state index is -3.24. The molecular formula is C97H114B5BrN8O17S3. The molecule has 5 aliphatic heterocycles. The monoisotopic (exact) mass is 1890 g/mol. The van der Waals surface area contributed by atoms with Crippen LogP contribution in [0.2, 0.25) is 0 Å². The van der Waals surface area contributed by atoms with Crippen LogP contribution in [-0.2, 0) is 62.2 Å². The third-order valence-corrected chi connectivity index (χ3v) is 37.7. The zero-order chi connectivity index (χ0) is 89.9. The number of fused-ring (bicyclic) bond motifs is 15. The first-order chi connectivity index (χ1) is 63.0. The Kier molecular flexibility index (Phi) is 23.6. The Morgan fingerprint density at radius 3 is 1.03 bits per heavy atom. The second kappa shape index (κ2) is 34.9. The van der Waals surface area contributed by atoms with Crippen molar-refractivity contribution in [1.82, 2.24) is 39.1 Å². The van der Waals surface area contributed by atoms with E-state index in [0.717, 1.165) is 223 Å². The largest absolute Gasteiger partial charge is 0.552 e. The Morgan fingerprint density at radius 1 is 0.405 bits per heavy atom. The number of alkyl halides is 1. The fourth-order valence-electron chi connectivity index (χ4n) is 26.3. The van der Waals surface area contributed by atoms with E-state index in [4.69, 9.17) is 23.3 Å². The van der Waals surface area contributed by atoms with E-state index in [-0.39, 0.29) is 53.1 Å². The maximum Gasteiger partial charge on any atom is 0.552 e. The maximum absolute atomic E-state index is 12.3. The SMILES string of the molecule is CC(C)CCS(=O)(=O)NC1CC(C2=CB(O)Oc3cnc4c(c32)C=CC4)C1.O=S(=O)(CC1CCC1)NC1CC(C2=CB(O)Oc3cnc4c(c32)C=CC4)C1.O=S(=O)(CCC1CC1)NC1CC(C2=CB(O)Oc3cnc4c(c32)C=CC4)C1.OB1C=C(C2C3CC4CC2CC(Br)(C4)C3)c2c(cnc3c2C=CC3)O1.OB1C=C(C2C3CC4CC2CC(O)(C4)C3)c2c(cnc3c2C=CC3)O1. The van der Waals surface area contributed by atoms with Gasteiger partial charge in [0.25, 0.3) is 0 Å². The molecule has 0 amide bonds. The molecule has 0 aromatic carbocycles. The predicted octanol–water partition coefficient (Wildman–Crippen LogP) is 12.7. The number of nitrogens with one attached hydrogen (secondary N) is 3. The highest BCUT2D eigenvalue weighted by molar-refractivity contribution is 9.10. The molecule has 131 heavy (non-hydrogen) atoms. The third kappa shape index (κ3) is 18.0. The van der Waals surface area contributed by atoms with Gasteiger partial charge in [-0.3, -0.25) is 24.9 Å². The molecule has 0 spiro atoms. The van der Waals surface area contributed by atoms with Crippen molar-refractivity contribution in [2.45, 2.75) is 222 Å². The number of halogens is 1. The van der Waals surface area contributed by atoms with Gasteiger partial charge < -0.3 is 53.5 Å². The van der Waals surface area contributed by atoms with Gasteiger partial charge in [0.1, 0.15) is 28.7 Å². The number of hydrogen-bond acceptors (Lipinski definition) is 22. The van der Waals surface area contributed by atoms with Gasteiger partial charge in [-0.2, -0.15) is 0 Å². The lowest BCUT2D eigenvalue weighted by atomic mass is 9.48. The van der Waals surface area contributed by atoms with Gasteiger partial charge in [0.05, 0.1) is 82.3 Å². The van der Waals surface area contributed by atoms with Crippen LogP contribution in [0.5, 0.6) is 28.7 Å². The maximum atomic E-state index is 12.3. The molecule has 13 fully saturated rings. The Morgan fingerprint density at radius 2 is 0.718 bits per heavy atom. The quantitative estimate of drug-likeness (QED) is 0.0274. The first kappa shape index (κ1) is 88.7. The number of nitrogens with zero attached hydrogens (tertiary/aromatic N) is 5. The summed E-state index contributed by atoms with van der Waals surface area (Å²) in [5, 5.41) is 61.7. The summed E-state index contributed by atoms with van der Waals surface area (Å²) < 4.78 is 111. The fourth-order valence-corrected chi connectivity index (χ4v) is 32.4. The van der Waals surface area contributed by atoms with Crippen LogP contribution in [-0.4, -0.2) is 161 Å². The number of hydrogen-bond donors (Lipinski definition) is 9. The standard InChI is InChI=1S/C20H21BBrNO2.C20H22BNO3.2C19H23BN2O4S.C19H25BN2O4S/c22-20-6-11-4-12(7-20)18(13(5-11)8-20)15-9-21(24)25-17-10-23-16-3-1-2-14(16)19(15)17;23-20-6-11-4-12(7-20)18(13(5-11)8-20)15-9-21(24)25-17-10-22-16-3-1-2-14(16)19(15)17;23-20-9-16(19-15-5-2-6-17(15)21-10-18(19)26-20)13-7-14(8-13)22-27(24,25)11-12-3-1-4-12;23-20-10-16(19-15-2-1-3-17(15)21-11-18(19)26-20)13-8-14(9-13)22-27(24,25)7-6-12-4-5-12;1-12(2)6-7-27(24,25)22-14-8-13(9-14)16-10-20(23)26-18-11-21-17-5-3-4-15(17)19(16)18/h1-2,9-13,18,24H,3-8H2;1-2,9-13,18,23-24H,3-8H2;2,5,9-10,12-14,22-23H,1,3-4,6-8,11H2;1-2,10-14,22-23H,3-9H2;3-4,10-14,22-23H,5-9H2,1-2H3. The van der Waals surface area contributed by atoms with Crippen LogP contribution in [0.3, 0.4) is 0 Å². The molecule has 8 bridgehead atoms. The van der Waals surface area contributed by atoms with Gasteiger partial charge in [-0.15, -0.1) is 0 Å². The molecule has 4 atom stereocenters. The Bertz CT molecular complexity index is 5830. The van der Waals surface area contributed by atoms with Crippen molar-refractivity contribution in [1.29, 1.82) is 0 Å². The molecule has 0 saturated heterocycles. The number of rotatable bonds is 19. The number of aliphatic hydroxyl groups is 1. The molecule has 28 rings (SSSR count). The molecule has 9 N–H and O–H groups in total. The van der Waals surface area contributed by atoms with Crippen molar-refractivity contribution < 1.29 is 78.8 Å². The van der Waals surface area contributed by atoms with Crippen LogP contribution in [0.1, 0.15) is 246 Å². The van der Waals surface area contributed by atoms with Crippen LogP contribution in [0.15, 0.2) is 91.2 Å². The summed E-state index contributed by atoms with van der Waals surface area (Å²) in [6.45, 7) is 4.05. The van der Waals surface area contributed by atoms with Gasteiger partial charge in [-0.1, -0.05) is 110 Å². The second-order valence-corrected chi connectivity index (χ2v) is 49.1. The summed E-state index contributed by atoms with van der Waals surface area (Å²) in [7, 11) is -14.3. The summed E-state index contributed by atoms with van der Waals surface area (Å²) in [4.78, 5) is 22.4. The van der Waals surface area contributed by atoms with Gasteiger partial charge in [-0.05, 0) is 269 Å². The van der Waals surface area contributed by atoms with Crippen molar-refractivity contribution in [3.63, 3.8) is 0 Å². The topological polar surface area (TPSA) is 370 Å². The van der Waals surface area contributed by atoms with E-state index in [1.54, 1.807) is 42.7 Å². The molecule has 0 radical (unpaired) electrons. The Balaban J connectivity index is 0.0000000959. The molecule has 10 heterocycles. The van der Waals surface area contributed by atoms with Gasteiger partial charge >= 0.3 is 35.6 Å². The van der Waals surface area contributed by atoms with E-state index in [0.29, 0.717) is 81.1 Å². The minimum absolute atomic E-state index is 0.0187. The Labute approximate surface area is 778 Å². The number of aromatic nitrogens is 5. The van der Waals surface area contributed by atoms with Crippen molar-refractivity contribution in [3.05, 3.63) is 175 Å². The third-order valence-electron chi connectivity index (χ3n) is 32.2. The van der Waals surface area contributed by atoms with E-state index in [1.807, 2.05) is 32.0 Å². The van der Waals surface area contributed by atoms with E-state index in [9.17, 15) is 55.5 Å². The van der Waals surface area contributed by atoms with E-state index in [1.165, 1.54) is 85.6 Å². The molecule has 5 aromatic heterocycles. The number of allylic oxidation sites excluding steroid dienone is 10. The lowest BCUT2D eigenvalue weighted by molar-refractivity contribution is -0.139. The molecule has 34 heteroatoms. The first-order valence-corrected chi connectivity index (χ1v) is 53.9. The van der Waals surface area contributed by atoms with Gasteiger partial charge in [0, 0.05) is 110 Å². The average molecular weight is 1890 g/mol. The van der Waals surface area contributed by atoms with Crippen LogP contribution in [0, 0.1) is 82.9 Å². The smallest absolute Gasteiger partial charge is 0.531 e. The first-order valence-electron chi connectivity index (χ1n) is 48.2. The van der Waals surface area contributed by atoms with Crippen LogP contribution >= 0.6 is 15.9 Å². The molecule has 4 unspecified atom stereocenters. The Hall–Kier alpha value is -7.56. The normalized spacial score (nSPS) is 30.9. The van der Waals surface area contributed by atoms with Gasteiger partial charge in [-0.25, -0.2) is 39.4 Å². The van der Waals surface area contributed by atoms with Crippen molar-refractivity contribution in [3.8, 4) is 28.7 Å². The zero-order valence-corrected chi connectivity index (χ0v) is 78.2. The van der Waals surface area contributed by atoms with Crippen LogP contribution in [0.25, 0.3) is 58.2 Å². The summed E-state index contributed by atoms with van der Waals surface area (Å²) in [6, 6.07) is -0.0780. The van der Waals surface area contributed by atoms with E-state index >= 15 is 0 Å². The summed E-state index contributed by atoms with van der Waals surface area (Å²) in [5.74, 6) is 20.2. The van der Waals surface area contributed by atoms with E-state index in [2.05, 4.69) is 116 Å². The van der Waals surface area contributed by atoms with E-state index < -0.39 is 71.3 Å². The second-order valence-electron chi connectivity index (χ2n) is 41.9. The molecule has 23 aliphatic rings. The predicted molar refractivity (Wildman–Crippen MR) is 513 cm³/mol. The van der Waals surface area contributed by atoms with Gasteiger partial charge in [0.2, 0.25) is 30.1 Å². The summed E-state index contributed by atoms with van der Waals surface area (Å²) in [5.41, 5.74) is 21.6. The highest BCUT2D eigenvalue weighted by Gasteiger charge is 2.59. The lowest BCUT2D eigenvalue weighted by Crippen LogP contribution is -2.55. The number of pyridine rings is 5. The minimum Gasteiger partial charge on any atom is -0.531 e. The van der Waals surface area contributed by atoms with Crippen molar-refractivity contribution >= 4 is 140 Å². The molecule has 5 aromatic rings. The van der Waals surface area contributed by atoms with Gasteiger partial charge in [0.15, 0.2) is 0 Å². The molecule has 684 valence electrons. The molecular weight excluding hydrogens is 1780 g/mol. The molecule has 25 nitrogen and oxygen atoms in total. The average Bonchev–Trinajstić information content (AvgIpc) is 1.31. The van der Waals surface area contributed by atoms with Crippen LogP contribution in [0.4, 0.5) is 0 Å². The fraction of sp³-hybridized carbons (Fsp3) is 0.536. The molecule has 18 aliphatic carbocycles. The number of sulfonamides is 3. The van der Waals surface area contributed by atoms with Crippen molar-refractivity contribution in [2.24, 2.45) is 82.9 Å². The zero-order valence-electron chi connectivity index (χ0n) is 74.2. The van der Waals surface area contributed by atoms with Crippen LogP contribution < -0.4 is 37.4 Å².